The molecule has 132 valence electrons. The molecule has 2 aromatic rings. The number of carbonyl (C=O) groups is 2. The van der Waals surface area contributed by atoms with E-state index in [2.05, 4.69) is 10.6 Å². The van der Waals surface area contributed by atoms with Crippen molar-refractivity contribution < 1.29 is 14.3 Å². The quantitative estimate of drug-likeness (QED) is 0.810. The fraction of sp³-hybridized carbons (Fsp3) is 0.263. The largest absolute Gasteiger partial charge is 0.484 e. The molecule has 0 radical (unpaired) electrons. The molecule has 0 spiro atoms. The summed E-state index contributed by atoms with van der Waals surface area (Å²) >= 11 is 0. The molecule has 6 nitrogen and oxygen atoms in total. The van der Waals surface area contributed by atoms with Crippen LogP contribution in [0.5, 0.6) is 5.75 Å². The molecule has 0 heterocycles. The monoisotopic (exact) mass is 341 g/mol. The Kier molecular flexibility index (Phi) is 6.39. The van der Waals surface area contributed by atoms with Gasteiger partial charge < -0.3 is 20.3 Å². The van der Waals surface area contributed by atoms with Crippen LogP contribution in [0.4, 0.5) is 11.4 Å². The van der Waals surface area contributed by atoms with Crippen molar-refractivity contribution in [1.82, 2.24) is 5.32 Å². The molecule has 0 unspecified atom stereocenters. The topological polar surface area (TPSA) is 70.7 Å². The predicted molar refractivity (Wildman–Crippen MR) is 98.9 cm³/mol. The summed E-state index contributed by atoms with van der Waals surface area (Å²) in [6.07, 6.45) is 0. The minimum absolute atomic E-state index is 0.143. The first kappa shape index (κ1) is 18.3. The number of benzene rings is 2. The van der Waals surface area contributed by atoms with Gasteiger partial charge in [0.15, 0.2) is 6.61 Å². The van der Waals surface area contributed by atoms with Gasteiger partial charge in [-0.1, -0.05) is 30.3 Å². The third-order valence-electron chi connectivity index (χ3n) is 3.53. The lowest BCUT2D eigenvalue weighted by Gasteiger charge is -2.19. The van der Waals surface area contributed by atoms with Gasteiger partial charge in [0.05, 0.1) is 11.4 Å². The summed E-state index contributed by atoms with van der Waals surface area (Å²) in [5, 5.41) is 5.46. The number of nitrogens with one attached hydrogen (secondary N) is 2. The Hall–Kier alpha value is -3.02. The molecular formula is C19H23N3O3. The minimum Gasteiger partial charge on any atom is -0.484 e. The number of hydrogen-bond donors (Lipinski definition) is 2. The first-order valence-corrected chi connectivity index (χ1v) is 8.02. The fourth-order valence-electron chi connectivity index (χ4n) is 2.22. The van der Waals surface area contributed by atoms with E-state index < -0.39 is 6.04 Å². The number of ether oxygens (including phenoxy) is 1. The second kappa shape index (κ2) is 8.73. The molecule has 0 fully saturated rings. The predicted octanol–water partition coefficient (Wildman–Crippen LogP) is 2.27. The van der Waals surface area contributed by atoms with E-state index in [1.54, 1.807) is 19.1 Å². The lowest BCUT2D eigenvalue weighted by atomic mass is 10.2. The average Bonchev–Trinajstić information content (AvgIpc) is 2.61. The second-order valence-corrected chi connectivity index (χ2v) is 5.79. The molecular weight excluding hydrogens is 318 g/mol. The maximum Gasteiger partial charge on any atom is 0.258 e. The van der Waals surface area contributed by atoms with Gasteiger partial charge in [0.25, 0.3) is 5.91 Å². The Morgan fingerprint density at radius 1 is 1.04 bits per heavy atom. The van der Waals surface area contributed by atoms with Crippen molar-refractivity contribution in [2.24, 2.45) is 0 Å². The maximum atomic E-state index is 12.3. The molecule has 0 saturated heterocycles. The molecule has 0 aliphatic carbocycles. The van der Waals surface area contributed by atoms with E-state index in [1.165, 1.54) is 0 Å². The van der Waals surface area contributed by atoms with Crippen LogP contribution in [0.25, 0.3) is 0 Å². The van der Waals surface area contributed by atoms with Crippen molar-refractivity contribution in [2.75, 3.05) is 30.9 Å². The Bertz CT molecular complexity index is 717. The van der Waals surface area contributed by atoms with Gasteiger partial charge in [-0.15, -0.1) is 0 Å². The van der Waals surface area contributed by atoms with Crippen LogP contribution in [-0.2, 0) is 9.59 Å². The number of hydrogen-bond acceptors (Lipinski definition) is 4. The number of amides is 2. The molecule has 2 rings (SSSR count). The summed E-state index contributed by atoms with van der Waals surface area (Å²) in [7, 11) is 3.80. The van der Waals surface area contributed by atoms with E-state index in [4.69, 9.17) is 4.74 Å². The molecule has 2 amide bonds. The summed E-state index contributed by atoms with van der Waals surface area (Å²) in [6, 6.07) is 15.8. The average molecular weight is 341 g/mol. The van der Waals surface area contributed by atoms with Gasteiger partial charge in [0, 0.05) is 14.1 Å². The highest BCUT2D eigenvalue weighted by Crippen LogP contribution is 2.23. The second-order valence-electron chi connectivity index (χ2n) is 5.79. The van der Waals surface area contributed by atoms with Gasteiger partial charge in [-0.3, -0.25) is 9.59 Å². The minimum atomic E-state index is -0.679. The van der Waals surface area contributed by atoms with Crippen molar-refractivity contribution in [3.63, 3.8) is 0 Å². The lowest BCUT2D eigenvalue weighted by Crippen LogP contribution is -2.43. The summed E-state index contributed by atoms with van der Waals surface area (Å²) in [6.45, 7) is 1.49. The summed E-state index contributed by atoms with van der Waals surface area (Å²) in [5.41, 5.74) is 1.58. The number of para-hydroxylation sites is 3. The van der Waals surface area contributed by atoms with Gasteiger partial charge in [-0.2, -0.15) is 0 Å². The Morgan fingerprint density at radius 3 is 2.36 bits per heavy atom. The highest BCUT2D eigenvalue weighted by atomic mass is 16.5. The van der Waals surface area contributed by atoms with E-state index in [0.29, 0.717) is 11.4 Å². The highest BCUT2D eigenvalue weighted by molar-refractivity contribution is 5.99. The zero-order chi connectivity index (χ0) is 18.2. The van der Waals surface area contributed by atoms with Crippen LogP contribution < -0.4 is 20.3 Å². The van der Waals surface area contributed by atoms with Crippen molar-refractivity contribution in [2.45, 2.75) is 13.0 Å². The van der Waals surface area contributed by atoms with Crippen LogP contribution in [0.15, 0.2) is 54.6 Å². The molecule has 0 bridgehead atoms. The van der Waals surface area contributed by atoms with Gasteiger partial charge >= 0.3 is 0 Å². The zero-order valence-corrected chi connectivity index (χ0v) is 14.7. The zero-order valence-electron chi connectivity index (χ0n) is 14.7. The third kappa shape index (κ3) is 5.53. The standard InChI is InChI=1S/C19H23N3O3/c1-14(20-18(23)13-25-15-9-5-4-6-10-15)19(24)21-16-11-7-8-12-17(16)22(2)3/h4-12,14H,13H2,1-3H3,(H,20,23)(H,21,24)/t14-/m0/s1. The molecule has 1 atom stereocenters. The van der Waals surface area contributed by atoms with Crippen LogP contribution in [0.3, 0.4) is 0 Å². The SMILES string of the molecule is C[C@H](NC(=O)COc1ccccc1)C(=O)Nc1ccccc1N(C)C. The number of nitrogens with zero attached hydrogens (tertiary/aromatic N) is 1. The molecule has 0 aromatic heterocycles. The van der Waals surface area contributed by atoms with Crippen LogP contribution in [0.1, 0.15) is 6.92 Å². The molecule has 2 aromatic carbocycles. The molecule has 6 heteroatoms. The van der Waals surface area contributed by atoms with E-state index in [9.17, 15) is 9.59 Å². The Labute approximate surface area is 147 Å². The Balaban J connectivity index is 1.87. The first-order chi connectivity index (χ1) is 12.0. The van der Waals surface area contributed by atoms with Gasteiger partial charge in [-0.25, -0.2) is 0 Å². The smallest absolute Gasteiger partial charge is 0.258 e. The van der Waals surface area contributed by atoms with Crippen molar-refractivity contribution in [1.29, 1.82) is 0 Å². The van der Waals surface area contributed by atoms with Crippen LogP contribution >= 0.6 is 0 Å². The highest BCUT2D eigenvalue weighted by Gasteiger charge is 2.17. The normalized spacial score (nSPS) is 11.3. The summed E-state index contributed by atoms with van der Waals surface area (Å²) in [5.74, 6) is -0.0376. The van der Waals surface area contributed by atoms with Crippen molar-refractivity contribution in [3.05, 3.63) is 54.6 Å². The summed E-state index contributed by atoms with van der Waals surface area (Å²) in [4.78, 5) is 26.2. The van der Waals surface area contributed by atoms with E-state index in [-0.39, 0.29) is 18.4 Å². The first-order valence-electron chi connectivity index (χ1n) is 8.02. The molecule has 2 N–H and O–H groups in total. The lowest BCUT2D eigenvalue weighted by molar-refractivity contribution is -0.127. The molecule has 25 heavy (non-hydrogen) atoms. The van der Waals surface area contributed by atoms with Crippen LogP contribution in [0, 0.1) is 0 Å². The van der Waals surface area contributed by atoms with E-state index in [0.717, 1.165) is 5.69 Å². The fourth-order valence-corrected chi connectivity index (χ4v) is 2.22. The van der Waals surface area contributed by atoms with Crippen LogP contribution in [0.2, 0.25) is 0 Å². The van der Waals surface area contributed by atoms with E-state index in [1.807, 2.05) is 61.5 Å². The van der Waals surface area contributed by atoms with Crippen molar-refractivity contribution in [3.8, 4) is 5.75 Å². The number of rotatable bonds is 7. The third-order valence-corrected chi connectivity index (χ3v) is 3.53. The van der Waals surface area contributed by atoms with Gasteiger partial charge in [0.2, 0.25) is 5.91 Å². The molecule has 0 saturated carbocycles. The summed E-state index contributed by atoms with van der Waals surface area (Å²) < 4.78 is 5.37. The van der Waals surface area contributed by atoms with Crippen LogP contribution in [-0.4, -0.2) is 38.6 Å². The number of carbonyl (C=O) groups excluding carboxylic acids is 2. The van der Waals surface area contributed by atoms with Gasteiger partial charge in [-0.05, 0) is 31.2 Å². The molecule has 0 aliphatic rings. The van der Waals surface area contributed by atoms with Crippen molar-refractivity contribution >= 4 is 23.2 Å². The number of anilines is 2. The van der Waals surface area contributed by atoms with Gasteiger partial charge in [0.1, 0.15) is 11.8 Å². The maximum absolute atomic E-state index is 12.3. The van der Waals surface area contributed by atoms with E-state index >= 15 is 0 Å². The molecule has 0 aliphatic heterocycles. The Morgan fingerprint density at radius 2 is 1.68 bits per heavy atom.